The van der Waals surface area contributed by atoms with Crippen molar-refractivity contribution in [2.24, 2.45) is 5.92 Å². The van der Waals surface area contributed by atoms with Crippen LogP contribution in [0.4, 0.5) is 10.1 Å². The first-order valence-corrected chi connectivity index (χ1v) is 8.02. The van der Waals surface area contributed by atoms with Crippen molar-refractivity contribution in [1.82, 2.24) is 4.90 Å². The first-order chi connectivity index (χ1) is 11.0. The Kier molecular flexibility index (Phi) is 4.20. The minimum atomic E-state index is -0.408. The number of anilines is 1. The Bertz CT molecular complexity index is 676. The lowest BCUT2D eigenvalue weighted by atomic mass is 10.1. The Labute approximate surface area is 135 Å². The predicted molar refractivity (Wildman–Crippen MR) is 87.4 cm³/mol. The Hall–Kier alpha value is -2.17. The van der Waals surface area contributed by atoms with Gasteiger partial charge in [-0.2, -0.15) is 0 Å². The molecule has 0 saturated heterocycles. The summed E-state index contributed by atoms with van der Waals surface area (Å²) in [5, 5.41) is 0. The molecule has 2 aliphatic rings. The summed E-state index contributed by atoms with van der Waals surface area (Å²) in [6, 6.07) is 4.65. The van der Waals surface area contributed by atoms with Crippen LogP contribution in [-0.4, -0.2) is 37.4 Å². The van der Waals surface area contributed by atoms with Gasteiger partial charge in [-0.05, 0) is 24.8 Å². The molecule has 1 aromatic carbocycles. The normalized spacial score (nSPS) is 19.5. The summed E-state index contributed by atoms with van der Waals surface area (Å²) >= 11 is 0. The van der Waals surface area contributed by atoms with E-state index in [0.29, 0.717) is 23.7 Å². The van der Waals surface area contributed by atoms with Crippen LogP contribution >= 0.6 is 0 Å². The van der Waals surface area contributed by atoms with Crippen LogP contribution in [-0.2, 0) is 9.59 Å². The molecule has 5 heteroatoms. The number of fused-ring (bicyclic) bond motifs is 1. The van der Waals surface area contributed by atoms with E-state index in [1.807, 2.05) is 0 Å². The largest absolute Gasteiger partial charge is 0.345 e. The topological polar surface area (TPSA) is 40.6 Å². The molecule has 0 bridgehead atoms. The SMILES string of the molecule is CN(C)C(=O)C=C1C(=O)N(CC2CCCC2)c2c(F)cccc21. The number of nitrogens with zero attached hydrogens (tertiary/aromatic N) is 2. The van der Waals surface area contributed by atoms with E-state index in [1.54, 1.807) is 26.2 Å². The fraction of sp³-hybridized carbons (Fsp3) is 0.444. The van der Waals surface area contributed by atoms with Gasteiger partial charge < -0.3 is 9.80 Å². The quantitative estimate of drug-likeness (QED) is 0.805. The maximum Gasteiger partial charge on any atom is 0.259 e. The zero-order chi connectivity index (χ0) is 16.6. The molecule has 0 N–H and O–H groups in total. The lowest BCUT2D eigenvalue weighted by Gasteiger charge is -2.21. The van der Waals surface area contributed by atoms with Gasteiger partial charge in [-0.25, -0.2) is 4.39 Å². The summed E-state index contributed by atoms with van der Waals surface area (Å²) < 4.78 is 14.3. The minimum absolute atomic E-state index is 0.271. The molecule has 1 saturated carbocycles. The van der Waals surface area contributed by atoms with E-state index in [4.69, 9.17) is 0 Å². The van der Waals surface area contributed by atoms with E-state index in [2.05, 4.69) is 0 Å². The third-order valence-corrected chi connectivity index (χ3v) is 4.65. The lowest BCUT2D eigenvalue weighted by Crippen LogP contribution is -2.32. The summed E-state index contributed by atoms with van der Waals surface area (Å²) in [5.74, 6) is -0.539. The summed E-state index contributed by atoms with van der Waals surface area (Å²) in [6.07, 6.45) is 5.79. The van der Waals surface area contributed by atoms with Crippen LogP contribution in [0.1, 0.15) is 31.2 Å². The second-order valence-corrected chi connectivity index (χ2v) is 6.49. The van der Waals surface area contributed by atoms with Gasteiger partial charge in [-0.3, -0.25) is 9.59 Å². The van der Waals surface area contributed by atoms with Crippen LogP contribution in [0.25, 0.3) is 5.57 Å². The number of halogens is 1. The van der Waals surface area contributed by atoms with Crippen molar-refractivity contribution in [1.29, 1.82) is 0 Å². The third kappa shape index (κ3) is 2.87. The zero-order valence-electron chi connectivity index (χ0n) is 13.5. The summed E-state index contributed by atoms with van der Waals surface area (Å²) in [6.45, 7) is 0.528. The fourth-order valence-corrected chi connectivity index (χ4v) is 3.39. The second-order valence-electron chi connectivity index (χ2n) is 6.49. The van der Waals surface area contributed by atoms with Crippen molar-refractivity contribution >= 4 is 23.1 Å². The van der Waals surface area contributed by atoms with E-state index >= 15 is 0 Å². The predicted octanol–water partition coefficient (Wildman–Crippen LogP) is 2.83. The van der Waals surface area contributed by atoms with Gasteiger partial charge in [0.15, 0.2) is 0 Å². The average molecular weight is 316 g/mol. The average Bonchev–Trinajstić information content (AvgIpc) is 3.10. The molecular formula is C18H21FN2O2. The van der Waals surface area contributed by atoms with Crippen molar-refractivity contribution < 1.29 is 14.0 Å². The number of hydrogen-bond donors (Lipinski definition) is 0. The van der Waals surface area contributed by atoms with Gasteiger partial charge >= 0.3 is 0 Å². The van der Waals surface area contributed by atoms with Crippen molar-refractivity contribution in [2.45, 2.75) is 25.7 Å². The molecule has 1 aromatic rings. The molecule has 0 radical (unpaired) electrons. The van der Waals surface area contributed by atoms with Gasteiger partial charge in [0, 0.05) is 32.3 Å². The number of benzene rings is 1. The molecule has 4 nitrogen and oxygen atoms in total. The zero-order valence-corrected chi connectivity index (χ0v) is 13.5. The highest BCUT2D eigenvalue weighted by atomic mass is 19.1. The van der Waals surface area contributed by atoms with Crippen LogP contribution in [0.15, 0.2) is 24.3 Å². The van der Waals surface area contributed by atoms with Crippen LogP contribution in [0.2, 0.25) is 0 Å². The Morgan fingerprint density at radius 3 is 2.70 bits per heavy atom. The van der Waals surface area contributed by atoms with Crippen molar-refractivity contribution in [3.8, 4) is 0 Å². The molecule has 122 valence electrons. The summed E-state index contributed by atoms with van der Waals surface area (Å²) in [7, 11) is 3.25. The van der Waals surface area contributed by atoms with Crippen molar-refractivity contribution in [2.75, 3.05) is 25.5 Å². The first-order valence-electron chi connectivity index (χ1n) is 8.02. The molecule has 23 heavy (non-hydrogen) atoms. The van der Waals surface area contributed by atoms with Gasteiger partial charge in [0.2, 0.25) is 5.91 Å². The lowest BCUT2D eigenvalue weighted by molar-refractivity contribution is -0.123. The van der Waals surface area contributed by atoms with E-state index in [1.165, 1.54) is 34.8 Å². The van der Waals surface area contributed by atoms with Gasteiger partial charge in [0.05, 0.1) is 11.3 Å². The molecule has 1 heterocycles. The van der Waals surface area contributed by atoms with Crippen molar-refractivity contribution in [3.63, 3.8) is 0 Å². The highest BCUT2D eigenvalue weighted by Gasteiger charge is 2.36. The fourth-order valence-electron chi connectivity index (χ4n) is 3.39. The Morgan fingerprint density at radius 1 is 1.35 bits per heavy atom. The minimum Gasteiger partial charge on any atom is -0.345 e. The highest BCUT2D eigenvalue weighted by Crippen LogP contribution is 2.40. The summed E-state index contributed by atoms with van der Waals surface area (Å²) in [5.41, 5.74) is 1.13. The number of amides is 2. The molecule has 1 fully saturated rings. The monoisotopic (exact) mass is 316 g/mol. The Balaban J connectivity index is 2.00. The standard InChI is InChI=1S/C18H21FN2O2/c1-20(2)16(22)10-14-13-8-5-9-15(19)17(13)21(18(14)23)11-12-6-3-4-7-12/h5,8-10,12H,3-4,6-7,11H2,1-2H3. The van der Waals surface area contributed by atoms with Crippen molar-refractivity contribution in [3.05, 3.63) is 35.7 Å². The number of carbonyl (C=O) groups is 2. The third-order valence-electron chi connectivity index (χ3n) is 4.65. The van der Waals surface area contributed by atoms with Gasteiger partial charge in [-0.15, -0.1) is 0 Å². The number of hydrogen-bond acceptors (Lipinski definition) is 2. The molecule has 1 aliphatic heterocycles. The van der Waals surface area contributed by atoms with Crippen LogP contribution in [0.5, 0.6) is 0 Å². The maximum absolute atomic E-state index is 14.3. The molecule has 2 amide bonds. The molecule has 1 aliphatic carbocycles. The van der Waals surface area contributed by atoms with Gasteiger partial charge in [-0.1, -0.05) is 25.0 Å². The van der Waals surface area contributed by atoms with E-state index in [-0.39, 0.29) is 17.4 Å². The second kappa shape index (κ2) is 6.14. The van der Waals surface area contributed by atoms with Crippen LogP contribution in [0, 0.1) is 11.7 Å². The molecule has 0 spiro atoms. The van der Waals surface area contributed by atoms with Crippen LogP contribution in [0.3, 0.4) is 0 Å². The first kappa shape index (κ1) is 15.7. The van der Waals surface area contributed by atoms with Gasteiger partial charge in [0.25, 0.3) is 5.91 Å². The molecule has 3 rings (SSSR count). The number of carbonyl (C=O) groups excluding carboxylic acids is 2. The molecule has 0 unspecified atom stereocenters. The molecule has 0 atom stereocenters. The van der Waals surface area contributed by atoms with Gasteiger partial charge in [0.1, 0.15) is 5.82 Å². The summed E-state index contributed by atoms with van der Waals surface area (Å²) in [4.78, 5) is 27.7. The number of likely N-dealkylation sites (N-methyl/N-ethyl adjacent to an activating group) is 1. The molecular weight excluding hydrogens is 295 g/mol. The van der Waals surface area contributed by atoms with E-state index in [0.717, 1.165) is 12.8 Å². The smallest absolute Gasteiger partial charge is 0.259 e. The molecule has 0 aromatic heterocycles. The number of para-hydroxylation sites is 1. The Morgan fingerprint density at radius 2 is 2.04 bits per heavy atom. The van der Waals surface area contributed by atoms with E-state index in [9.17, 15) is 14.0 Å². The van der Waals surface area contributed by atoms with E-state index < -0.39 is 5.82 Å². The number of rotatable bonds is 3. The maximum atomic E-state index is 14.3. The van der Waals surface area contributed by atoms with Crippen LogP contribution < -0.4 is 4.90 Å². The highest BCUT2D eigenvalue weighted by molar-refractivity contribution is 6.34.